The molecule has 136 valence electrons. The molecule has 0 spiro atoms. The fraction of sp³-hybridized carbons (Fsp3) is 0.450. The third kappa shape index (κ3) is 4.12. The van der Waals surface area contributed by atoms with E-state index in [2.05, 4.69) is 34.6 Å². The summed E-state index contributed by atoms with van der Waals surface area (Å²) in [5.74, 6) is 1.37. The minimum atomic E-state index is 0.0330. The smallest absolute Gasteiger partial charge is 0.253 e. The summed E-state index contributed by atoms with van der Waals surface area (Å²) in [6.07, 6.45) is 5.91. The molecule has 1 fully saturated rings. The van der Waals surface area contributed by atoms with E-state index in [0.29, 0.717) is 17.7 Å². The van der Waals surface area contributed by atoms with E-state index in [9.17, 15) is 4.79 Å². The van der Waals surface area contributed by atoms with Crippen LogP contribution in [0, 0.1) is 11.3 Å². The molecule has 0 bridgehead atoms. The quantitative estimate of drug-likeness (QED) is 0.829. The molecule has 6 nitrogen and oxygen atoms in total. The maximum Gasteiger partial charge on any atom is 0.253 e. The Labute approximate surface area is 154 Å². The second kappa shape index (κ2) is 8.15. The minimum Gasteiger partial charge on any atom is -0.338 e. The van der Waals surface area contributed by atoms with Gasteiger partial charge in [0.2, 0.25) is 0 Å². The van der Waals surface area contributed by atoms with Crippen molar-refractivity contribution in [2.45, 2.75) is 25.3 Å². The van der Waals surface area contributed by atoms with Crippen molar-refractivity contribution in [2.75, 3.05) is 33.7 Å². The first-order valence-corrected chi connectivity index (χ1v) is 9.03. The summed E-state index contributed by atoms with van der Waals surface area (Å²) in [4.78, 5) is 21.5. The first-order valence-electron chi connectivity index (χ1n) is 9.03. The number of amides is 1. The van der Waals surface area contributed by atoms with Gasteiger partial charge in [0.1, 0.15) is 5.82 Å². The lowest BCUT2D eigenvalue weighted by Gasteiger charge is -2.33. The number of benzene rings is 1. The summed E-state index contributed by atoms with van der Waals surface area (Å²) in [7, 11) is 4.13. The van der Waals surface area contributed by atoms with E-state index in [1.54, 1.807) is 24.3 Å². The van der Waals surface area contributed by atoms with E-state index < -0.39 is 0 Å². The molecule has 2 heterocycles. The van der Waals surface area contributed by atoms with Crippen LogP contribution in [0.5, 0.6) is 0 Å². The van der Waals surface area contributed by atoms with Crippen molar-refractivity contribution in [2.24, 2.45) is 0 Å². The van der Waals surface area contributed by atoms with Crippen molar-refractivity contribution in [3.05, 3.63) is 53.6 Å². The van der Waals surface area contributed by atoms with Gasteiger partial charge < -0.3 is 14.4 Å². The summed E-state index contributed by atoms with van der Waals surface area (Å²) in [6.45, 7) is 3.33. The number of rotatable bonds is 5. The van der Waals surface area contributed by atoms with Crippen LogP contribution in [0.15, 0.2) is 36.7 Å². The van der Waals surface area contributed by atoms with Crippen molar-refractivity contribution in [1.82, 2.24) is 19.4 Å². The Hall–Kier alpha value is -2.65. The van der Waals surface area contributed by atoms with E-state index in [1.165, 1.54) is 0 Å². The fourth-order valence-corrected chi connectivity index (χ4v) is 3.42. The molecule has 0 N–H and O–H groups in total. The van der Waals surface area contributed by atoms with Crippen LogP contribution in [0.1, 0.15) is 40.5 Å². The summed E-state index contributed by atoms with van der Waals surface area (Å²) >= 11 is 0. The van der Waals surface area contributed by atoms with Crippen LogP contribution in [0.3, 0.4) is 0 Å². The van der Waals surface area contributed by atoms with E-state index in [1.807, 2.05) is 17.3 Å². The Morgan fingerprint density at radius 1 is 1.35 bits per heavy atom. The molecule has 1 aromatic carbocycles. The van der Waals surface area contributed by atoms with Crippen molar-refractivity contribution in [3.63, 3.8) is 0 Å². The number of likely N-dealkylation sites (N-methyl/N-ethyl adjacent to an activating group) is 1. The van der Waals surface area contributed by atoms with E-state index in [4.69, 9.17) is 5.26 Å². The highest BCUT2D eigenvalue weighted by Gasteiger charge is 2.28. The number of aromatic nitrogens is 2. The monoisotopic (exact) mass is 351 g/mol. The number of carbonyl (C=O) groups excluding carboxylic acids is 1. The van der Waals surface area contributed by atoms with Gasteiger partial charge in [-0.15, -0.1) is 0 Å². The van der Waals surface area contributed by atoms with Crippen LogP contribution in [0.2, 0.25) is 0 Å². The third-order valence-corrected chi connectivity index (χ3v) is 4.87. The van der Waals surface area contributed by atoms with Gasteiger partial charge in [-0.1, -0.05) is 0 Å². The predicted molar refractivity (Wildman–Crippen MR) is 99.8 cm³/mol. The van der Waals surface area contributed by atoms with Gasteiger partial charge in [-0.3, -0.25) is 4.79 Å². The molecule has 1 aromatic heterocycles. The molecule has 3 rings (SSSR count). The molecule has 26 heavy (non-hydrogen) atoms. The summed E-state index contributed by atoms with van der Waals surface area (Å²) in [5, 5.41) is 8.90. The first-order chi connectivity index (χ1) is 12.6. The molecule has 0 radical (unpaired) electrons. The van der Waals surface area contributed by atoms with E-state index in [-0.39, 0.29) is 11.8 Å². The van der Waals surface area contributed by atoms with Crippen LogP contribution in [0.4, 0.5) is 0 Å². The predicted octanol–water partition coefficient (Wildman–Crippen LogP) is 2.34. The largest absolute Gasteiger partial charge is 0.338 e. The van der Waals surface area contributed by atoms with Crippen LogP contribution >= 0.6 is 0 Å². The highest BCUT2D eigenvalue weighted by Crippen LogP contribution is 2.27. The number of likely N-dealkylation sites (tertiary alicyclic amines) is 1. The standard InChI is InChI=1S/C20H25N5O/c1-23(2)12-13-24-11-9-22-19(24)18-4-3-10-25(15-18)20(26)17-7-5-16(14-21)6-8-17/h5-9,11,18H,3-4,10,12-13,15H2,1-2H3/t18-/m1/s1. The molecule has 1 aliphatic rings. The van der Waals surface area contributed by atoms with E-state index >= 15 is 0 Å². The average Bonchev–Trinajstić information content (AvgIpc) is 3.14. The Balaban J connectivity index is 1.70. The molecule has 1 saturated heterocycles. The zero-order valence-electron chi connectivity index (χ0n) is 15.4. The van der Waals surface area contributed by atoms with Gasteiger partial charge in [0.15, 0.2) is 0 Å². The zero-order valence-corrected chi connectivity index (χ0v) is 15.4. The van der Waals surface area contributed by atoms with Crippen molar-refractivity contribution in [1.29, 1.82) is 5.26 Å². The minimum absolute atomic E-state index is 0.0330. The molecule has 1 amide bonds. The molecule has 1 atom stereocenters. The maximum absolute atomic E-state index is 12.8. The number of nitriles is 1. The van der Waals surface area contributed by atoms with Crippen LogP contribution < -0.4 is 0 Å². The van der Waals surface area contributed by atoms with Gasteiger partial charge in [0, 0.05) is 50.1 Å². The maximum atomic E-state index is 12.8. The third-order valence-electron chi connectivity index (χ3n) is 4.87. The second-order valence-corrected chi connectivity index (χ2v) is 7.06. The lowest BCUT2D eigenvalue weighted by atomic mass is 9.96. The van der Waals surface area contributed by atoms with Gasteiger partial charge in [-0.2, -0.15) is 5.26 Å². The van der Waals surface area contributed by atoms with Crippen LogP contribution in [-0.2, 0) is 6.54 Å². The SMILES string of the molecule is CN(C)CCn1ccnc1[C@@H]1CCCN(C(=O)c2ccc(C#N)cc2)C1. The highest BCUT2D eigenvalue weighted by molar-refractivity contribution is 5.94. The highest BCUT2D eigenvalue weighted by atomic mass is 16.2. The lowest BCUT2D eigenvalue weighted by Crippen LogP contribution is -2.39. The summed E-state index contributed by atoms with van der Waals surface area (Å²) in [5.41, 5.74) is 1.21. The molecule has 6 heteroatoms. The van der Waals surface area contributed by atoms with Crippen molar-refractivity contribution < 1.29 is 4.79 Å². The Morgan fingerprint density at radius 2 is 2.12 bits per heavy atom. The number of carbonyl (C=O) groups is 1. The first kappa shape index (κ1) is 18.2. The number of hydrogen-bond acceptors (Lipinski definition) is 4. The van der Waals surface area contributed by atoms with Gasteiger partial charge in [-0.25, -0.2) is 4.98 Å². The second-order valence-electron chi connectivity index (χ2n) is 7.06. The van der Waals surface area contributed by atoms with Crippen LogP contribution in [0.25, 0.3) is 0 Å². The molecule has 2 aromatic rings. The lowest BCUT2D eigenvalue weighted by molar-refractivity contribution is 0.0703. The topological polar surface area (TPSA) is 65.2 Å². The molecular weight excluding hydrogens is 326 g/mol. The van der Waals surface area contributed by atoms with Crippen molar-refractivity contribution >= 4 is 5.91 Å². The van der Waals surface area contributed by atoms with Gasteiger partial charge in [0.05, 0.1) is 11.6 Å². The van der Waals surface area contributed by atoms with E-state index in [0.717, 1.165) is 38.3 Å². The Kier molecular flexibility index (Phi) is 5.69. The summed E-state index contributed by atoms with van der Waals surface area (Å²) in [6, 6.07) is 8.96. The van der Waals surface area contributed by atoms with Gasteiger partial charge in [-0.05, 0) is 51.2 Å². The van der Waals surface area contributed by atoms with Gasteiger partial charge >= 0.3 is 0 Å². The van der Waals surface area contributed by atoms with Gasteiger partial charge in [0.25, 0.3) is 5.91 Å². The summed E-state index contributed by atoms with van der Waals surface area (Å²) < 4.78 is 2.21. The molecule has 0 unspecified atom stereocenters. The number of hydrogen-bond donors (Lipinski definition) is 0. The Bertz CT molecular complexity index is 787. The molecule has 0 saturated carbocycles. The molecule has 0 aliphatic carbocycles. The normalized spacial score (nSPS) is 17.3. The Morgan fingerprint density at radius 3 is 2.81 bits per heavy atom. The fourth-order valence-electron chi connectivity index (χ4n) is 3.42. The van der Waals surface area contributed by atoms with Crippen molar-refractivity contribution in [3.8, 4) is 6.07 Å². The average molecular weight is 351 g/mol. The molecule has 1 aliphatic heterocycles. The molecular formula is C20H25N5O. The van der Waals surface area contributed by atoms with Crippen LogP contribution in [-0.4, -0.2) is 59.0 Å². The zero-order chi connectivity index (χ0) is 18.5. The number of imidazole rings is 1. The number of nitrogens with zero attached hydrogens (tertiary/aromatic N) is 5. The number of piperidine rings is 1.